The molecule has 0 N–H and O–H groups in total. The predicted molar refractivity (Wildman–Crippen MR) is 197 cm³/mol. The van der Waals surface area contributed by atoms with Crippen molar-refractivity contribution >= 4 is 11.9 Å². The average Bonchev–Trinajstić information content (AvgIpc) is 3.20. The van der Waals surface area contributed by atoms with Crippen LogP contribution in [0, 0.1) is 0 Å². The van der Waals surface area contributed by atoms with E-state index in [0.717, 1.165) is 36.6 Å². The highest BCUT2D eigenvalue weighted by molar-refractivity contribution is 5.91. The van der Waals surface area contributed by atoms with Crippen LogP contribution >= 0.6 is 0 Å². The van der Waals surface area contributed by atoms with Crippen LogP contribution < -0.4 is 14.2 Å². The van der Waals surface area contributed by atoms with Crippen molar-refractivity contribution in [3.05, 3.63) is 78.4 Å². The van der Waals surface area contributed by atoms with Crippen LogP contribution in [0.2, 0.25) is 0 Å². The quantitative estimate of drug-likeness (QED) is 0.0346. The lowest BCUT2D eigenvalue weighted by Gasteiger charge is -2.39. The number of benzene rings is 3. The first-order valence-electron chi connectivity index (χ1n) is 19.2. The molecule has 0 heterocycles. The summed E-state index contributed by atoms with van der Waals surface area (Å²) < 4.78 is 181. The highest BCUT2D eigenvalue weighted by Gasteiger charge is 2.87. The lowest BCUT2D eigenvalue weighted by atomic mass is 9.93. The van der Waals surface area contributed by atoms with Crippen molar-refractivity contribution in [2.75, 3.05) is 13.2 Å². The number of alkyl halides is 12. The molecule has 0 radical (unpaired) electrons. The van der Waals surface area contributed by atoms with Gasteiger partial charge in [0.2, 0.25) is 0 Å². The molecule has 60 heavy (non-hydrogen) atoms. The lowest BCUT2D eigenvalue weighted by Crippen LogP contribution is -2.68. The summed E-state index contributed by atoms with van der Waals surface area (Å²) in [5, 5.41) is 0. The molecule has 0 aliphatic carbocycles. The molecule has 18 heteroatoms. The van der Waals surface area contributed by atoms with Crippen molar-refractivity contribution in [2.24, 2.45) is 0 Å². The first kappa shape index (κ1) is 49.7. The Morgan fingerprint density at radius 3 is 1.55 bits per heavy atom. The van der Waals surface area contributed by atoms with Crippen LogP contribution in [0.5, 0.6) is 17.2 Å². The van der Waals surface area contributed by atoms with Crippen LogP contribution in [0.4, 0.5) is 52.7 Å². The summed E-state index contributed by atoms with van der Waals surface area (Å²) in [5.41, 5.74) is 1.93. The standard InChI is InChI=1S/C42H46F12O6/c1-3-4-5-6-7-8-9-10-11-12-26-57-32-19-17-30(18-20-32)29-13-15-31(16-14-29)36(56)60-34-23-21-33(22-24-34)59-28(2)35(55)58-27-25-38(45,46)40(49,50)42(53,54)41(51,52)39(47,48)37(43)44/h13-24,28,37H,3-12,25-27H2,1-2H3/t28-/m0/s1. The smallest absolute Gasteiger partial charge is 0.384 e. The van der Waals surface area contributed by atoms with E-state index in [2.05, 4.69) is 11.7 Å². The van der Waals surface area contributed by atoms with E-state index in [1.807, 2.05) is 24.3 Å². The van der Waals surface area contributed by atoms with Gasteiger partial charge in [0.1, 0.15) is 17.2 Å². The molecule has 3 aromatic carbocycles. The molecule has 3 rings (SSSR count). The molecule has 0 bridgehead atoms. The molecule has 0 aromatic heterocycles. The first-order chi connectivity index (χ1) is 28.1. The maximum absolute atomic E-state index is 14.0. The maximum atomic E-state index is 14.0. The number of unbranched alkanes of at least 4 members (excludes halogenated alkanes) is 9. The second-order valence-corrected chi connectivity index (χ2v) is 14.0. The number of carbonyl (C=O) groups excluding carboxylic acids is 2. The Balaban J connectivity index is 1.43. The van der Waals surface area contributed by atoms with Crippen LogP contribution in [-0.4, -0.2) is 67.3 Å². The number of hydrogen-bond acceptors (Lipinski definition) is 6. The van der Waals surface area contributed by atoms with Crippen LogP contribution in [0.1, 0.15) is 94.8 Å². The van der Waals surface area contributed by atoms with Gasteiger partial charge in [0.25, 0.3) is 0 Å². The molecular formula is C42H46F12O6. The monoisotopic (exact) mass is 874 g/mol. The van der Waals surface area contributed by atoms with Gasteiger partial charge in [-0.3, -0.25) is 0 Å². The fourth-order valence-electron chi connectivity index (χ4n) is 5.65. The van der Waals surface area contributed by atoms with Crippen molar-refractivity contribution in [2.45, 2.75) is 127 Å². The second-order valence-electron chi connectivity index (χ2n) is 14.0. The zero-order valence-corrected chi connectivity index (χ0v) is 32.8. The third kappa shape index (κ3) is 12.7. The van der Waals surface area contributed by atoms with Gasteiger partial charge in [-0.25, -0.2) is 18.4 Å². The van der Waals surface area contributed by atoms with E-state index in [1.54, 1.807) is 24.3 Å². The number of hydrogen-bond donors (Lipinski definition) is 0. The van der Waals surface area contributed by atoms with Gasteiger partial charge in [-0.05, 0) is 73.0 Å². The number of halogens is 12. The van der Waals surface area contributed by atoms with Gasteiger partial charge < -0.3 is 18.9 Å². The second kappa shape index (κ2) is 21.7. The Hall–Kier alpha value is -4.64. The largest absolute Gasteiger partial charge is 0.494 e. The van der Waals surface area contributed by atoms with Gasteiger partial charge in [0.15, 0.2) is 6.10 Å². The zero-order chi connectivity index (χ0) is 44.8. The van der Waals surface area contributed by atoms with Crippen molar-refractivity contribution in [3.8, 4) is 28.4 Å². The van der Waals surface area contributed by atoms with Crippen LogP contribution in [0.15, 0.2) is 72.8 Å². The summed E-state index contributed by atoms with van der Waals surface area (Å²) in [7, 11) is 0. The first-order valence-corrected chi connectivity index (χ1v) is 19.2. The third-order valence-electron chi connectivity index (χ3n) is 9.36. The molecule has 0 aliphatic rings. The fourth-order valence-corrected chi connectivity index (χ4v) is 5.65. The van der Waals surface area contributed by atoms with Gasteiger partial charge in [-0.1, -0.05) is 89.0 Å². The molecule has 0 amide bonds. The number of carbonyl (C=O) groups is 2. The van der Waals surface area contributed by atoms with E-state index in [0.29, 0.717) is 6.61 Å². The van der Waals surface area contributed by atoms with E-state index in [9.17, 15) is 62.3 Å². The minimum absolute atomic E-state index is 0.0249. The normalized spacial score (nSPS) is 13.2. The zero-order valence-electron chi connectivity index (χ0n) is 32.8. The fraction of sp³-hybridized carbons (Fsp3) is 0.524. The van der Waals surface area contributed by atoms with Crippen molar-refractivity contribution in [1.82, 2.24) is 0 Å². The Bertz CT molecular complexity index is 1770. The van der Waals surface area contributed by atoms with E-state index in [-0.39, 0.29) is 17.1 Å². The molecular weight excluding hydrogens is 828 g/mol. The molecule has 0 aliphatic heterocycles. The van der Waals surface area contributed by atoms with Crippen LogP contribution in [0.3, 0.4) is 0 Å². The molecule has 334 valence electrons. The highest BCUT2D eigenvalue weighted by atomic mass is 19.4. The van der Waals surface area contributed by atoms with E-state index >= 15 is 0 Å². The molecule has 0 saturated heterocycles. The number of rotatable bonds is 26. The van der Waals surface area contributed by atoms with Gasteiger partial charge in [-0.2, -0.15) is 43.9 Å². The van der Waals surface area contributed by atoms with Crippen molar-refractivity contribution < 1.29 is 81.2 Å². The lowest BCUT2D eigenvalue weighted by molar-refractivity contribution is -0.413. The van der Waals surface area contributed by atoms with Gasteiger partial charge in [0.05, 0.1) is 25.2 Å². The molecule has 0 unspecified atom stereocenters. The molecule has 1 atom stereocenters. The maximum Gasteiger partial charge on any atom is 0.384 e. The number of ether oxygens (including phenoxy) is 4. The highest BCUT2D eigenvalue weighted by Crippen LogP contribution is 2.58. The number of esters is 2. The minimum Gasteiger partial charge on any atom is -0.494 e. The van der Waals surface area contributed by atoms with E-state index < -0.39 is 67.1 Å². The van der Waals surface area contributed by atoms with E-state index in [1.165, 1.54) is 75.6 Å². The van der Waals surface area contributed by atoms with Crippen molar-refractivity contribution in [3.63, 3.8) is 0 Å². The topological polar surface area (TPSA) is 71.1 Å². The van der Waals surface area contributed by atoms with Gasteiger partial charge in [-0.15, -0.1) is 0 Å². The summed E-state index contributed by atoms with van der Waals surface area (Å²) in [6.07, 6.45) is 2.46. The summed E-state index contributed by atoms with van der Waals surface area (Å²) in [6.45, 7) is 2.00. The van der Waals surface area contributed by atoms with Gasteiger partial charge >= 0.3 is 48.0 Å². The SMILES string of the molecule is CCCCCCCCCCCCOc1ccc(-c2ccc(C(=O)Oc3ccc(O[C@@H](C)C(=O)OCCC(F)(F)C(F)(F)C(F)(F)C(F)(F)C(F)(F)C(F)F)cc3)cc2)cc1. The average molecular weight is 875 g/mol. The summed E-state index contributed by atoms with van der Waals surface area (Å²) in [5.74, 6) is -37.6. The Kier molecular flexibility index (Phi) is 18.0. The molecule has 0 fully saturated rings. The van der Waals surface area contributed by atoms with E-state index in [4.69, 9.17) is 14.2 Å². The summed E-state index contributed by atoms with van der Waals surface area (Å²) in [6, 6.07) is 19.0. The summed E-state index contributed by atoms with van der Waals surface area (Å²) >= 11 is 0. The molecule has 6 nitrogen and oxygen atoms in total. The molecule has 0 spiro atoms. The van der Waals surface area contributed by atoms with Crippen molar-refractivity contribution in [1.29, 1.82) is 0 Å². The Morgan fingerprint density at radius 1 is 0.567 bits per heavy atom. The summed E-state index contributed by atoms with van der Waals surface area (Å²) in [4.78, 5) is 24.9. The Labute approximate surface area is 339 Å². The van der Waals surface area contributed by atoms with Crippen LogP contribution in [0.25, 0.3) is 11.1 Å². The predicted octanol–water partition coefficient (Wildman–Crippen LogP) is 13.0. The minimum atomic E-state index is -7.68. The molecule has 3 aromatic rings. The molecule has 0 saturated carbocycles. The Morgan fingerprint density at radius 2 is 1.03 bits per heavy atom. The third-order valence-corrected chi connectivity index (χ3v) is 9.36. The van der Waals surface area contributed by atoms with Crippen LogP contribution in [-0.2, 0) is 9.53 Å². The van der Waals surface area contributed by atoms with Gasteiger partial charge in [0, 0.05) is 0 Å².